The van der Waals surface area contributed by atoms with Gasteiger partial charge in [-0.2, -0.15) is 0 Å². The third-order valence-corrected chi connectivity index (χ3v) is 12.1. The molecule has 7 nitrogen and oxygen atoms in total. The summed E-state index contributed by atoms with van der Waals surface area (Å²) in [5.74, 6) is -0.606. The zero-order valence-electron chi connectivity index (χ0n) is 23.2. The first kappa shape index (κ1) is 28.4. The van der Waals surface area contributed by atoms with Crippen molar-refractivity contribution in [2.75, 3.05) is 20.3 Å². The molecule has 1 saturated heterocycles. The van der Waals surface area contributed by atoms with E-state index in [4.69, 9.17) is 23.4 Å². The molecule has 0 N–H and O–H groups in total. The molecule has 1 aromatic carbocycles. The summed E-state index contributed by atoms with van der Waals surface area (Å²) in [4.78, 5) is 25.5. The third kappa shape index (κ3) is 6.03. The van der Waals surface area contributed by atoms with Gasteiger partial charge in [-0.1, -0.05) is 39.0 Å². The number of benzene rings is 1. The van der Waals surface area contributed by atoms with E-state index >= 15 is 0 Å². The second-order valence-electron chi connectivity index (χ2n) is 12.0. The van der Waals surface area contributed by atoms with E-state index in [1.165, 1.54) is 6.92 Å². The molecule has 1 heterocycles. The number of carbonyl (C=O) groups is 2. The van der Waals surface area contributed by atoms with Crippen LogP contribution in [0.1, 0.15) is 53.5 Å². The highest BCUT2D eigenvalue weighted by Gasteiger charge is 2.53. The zero-order chi connectivity index (χ0) is 26.9. The minimum Gasteiger partial charge on any atom is -0.541 e. The fourth-order valence-corrected chi connectivity index (χ4v) is 5.67. The summed E-state index contributed by atoms with van der Waals surface area (Å²) in [6.07, 6.45) is 3.63. The maximum Gasteiger partial charge on any atom is 0.302 e. The van der Waals surface area contributed by atoms with Crippen molar-refractivity contribution in [2.24, 2.45) is 11.3 Å². The number of methoxy groups -OCH3 is 1. The number of carbonyl (C=O) groups excluding carboxylic acids is 2. The van der Waals surface area contributed by atoms with Gasteiger partial charge in [0.25, 0.3) is 8.32 Å². The molecule has 0 amide bonds. The Morgan fingerprint density at radius 2 is 1.83 bits per heavy atom. The highest BCUT2D eigenvalue weighted by molar-refractivity contribution is 6.74. The van der Waals surface area contributed by atoms with E-state index in [1.54, 1.807) is 13.2 Å². The molecule has 0 bridgehead atoms. The minimum atomic E-state index is -2.13. The SMILES string of the molecule is COc1c(C[C@@H](OC(C)=O)[C@H]2C(=O)C=CCC23COC(C)(C)OC3)cccc1O[Si](C)(C)C(C)(C)C. The standard InChI is InChI=1S/C28H42O7Si/c1-19(29)34-23(24-21(30)13-11-15-28(24)17-32-27(5,6)33-18-28)16-20-12-10-14-22(25(20)31-7)35-36(8,9)26(2,3)4/h10-14,23-24H,15-18H2,1-9H3/t23-,24-/m1/s1. The smallest absolute Gasteiger partial charge is 0.302 e. The summed E-state index contributed by atoms with van der Waals surface area (Å²) in [6, 6.07) is 5.75. The molecule has 200 valence electrons. The van der Waals surface area contributed by atoms with Crippen LogP contribution in [-0.4, -0.2) is 52.3 Å². The quantitative estimate of drug-likeness (QED) is 0.350. The van der Waals surface area contributed by atoms with Crippen molar-refractivity contribution in [1.82, 2.24) is 0 Å². The highest BCUT2D eigenvalue weighted by atomic mass is 28.4. The average molecular weight is 519 g/mol. The lowest BCUT2D eigenvalue weighted by Gasteiger charge is -2.49. The van der Waals surface area contributed by atoms with Gasteiger partial charge in [-0.05, 0) is 50.5 Å². The summed E-state index contributed by atoms with van der Waals surface area (Å²) in [5, 5.41) is 0.0102. The Kier molecular flexibility index (Phi) is 8.13. The van der Waals surface area contributed by atoms with Gasteiger partial charge in [0.15, 0.2) is 17.3 Å². The number of para-hydroxylation sites is 1. The first-order valence-corrected chi connectivity index (χ1v) is 15.5. The molecule has 1 aliphatic heterocycles. The topological polar surface area (TPSA) is 80.3 Å². The molecular weight excluding hydrogens is 476 g/mol. The summed E-state index contributed by atoms with van der Waals surface area (Å²) in [5.41, 5.74) is 0.194. The van der Waals surface area contributed by atoms with Crippen LogP contribution in [0, 0.1) is 11.3 Å². The molecule has 1 spiro atoms. The lowest BCUT2D eigenvalue weighted by Crippen LogP contribution is -2.56. The van der Waals surface area contributed by atoms with Gasteiger partial charge in [-0.15, -0.1) is 0 Å². The molecule has 2 aliphatic rings. The van der Waals surface area contributed by atoms with E-state index in [2.05, 4.69) is 33.9 Å². The van der Waals surface area contributed by atoms with E-state index in [0.29, 0.717) is 37.6 Å². The van der Waals surface area contributed by atoms with Crippen LogP contribution in [0.2, 0.25) is 18.1 Å². The van der Waals surface area contributed by atoms with Gasteiger partial charge in [0.1, 0.15) is 11.9 Å². The van der Waals surface area contributed by atoms with Crippen LogP contribution in [0.15, 0.2) is 30.4 Å². The van der Waals surface area contributed by atoms with E-state index in [0.717, 1.165) is 5.56 Å². The summed E-state index contributed by atoms with van der Waals surface area (Å²) in [6.45, 7) is 16.7. The Hall–Kier alpha value is -2.16. The second kappa shape index (κ2) is 10.3. The van der Waals surface area contributed by atoms with Crippen molar-refractivity contribution in [3.8, 4) is 11.5 Å². The number of esters is 1. The van der Waals surface area contributed by atoms with Gasteiger partial charge in [-0.25, -0.2) is 0 Å². The number of hydrogen-bond donors (Lipinski definition) is 0. The molecule has 0 aromatic heterocycles. The molecular formula is C28H42O7Si. The molecule has 0 radical (unpaired) electrons. The van der Waals surface area contributed by atoms with Crippen LogP contribution in [0.5, 0.6) is 11.5 Å². The molecule has 1 aliphatic carbocycles. The maximum absolute atomic E-state index is 13.3. The fraction of sp³-hybridized carbons (Fsp3) is 0.643. The number of rotatable bonds is 7. The van der Waals surface area contributed by atoms with E-state index < -0.39 is 37.5 Å². The molecule has 3 rings (SSSR count). The minimum absolute atomic E-state index is 0.0102. The number of ketones is 1. The molecule has 36 heavy (non-hydrogen) atoms. The van der Waals surface area contributed by atoms with Crippen LogP contribution in [0.4, 0.5) is 0 Å². The zero-order valence-corrected chi connectivity index (χ0v) is 24.2. The van der Waals surface area contributed by atoms with Crippen molar-refractivity contribution in [1.29, 1.82) is 0 Å². The van der Waals surface area contributed by atoms with Crippen LogP contribution < -0.4 is 9.16 Å². The average Bonchev–Trinajstić information content (AvgIpc) is 2.75. The molecule has 0 unspecified atom stereocenters. The molecule has 8 heteroatoms. The van der Waals surface area contributed by atoms with E-state index in [1.807, 2.05) is 38.1 Å². The lowest BCUT2D eigenvalue weighted by atomic mass is 9.65. The summed E-state index contributed by atoms with van der Waals surface area (Å²) >= 11 is 0. The fourth-order valence-electron chi connectivity index (χ4n) is 4.66. The molecule has 1 aromatic rings. The summed E-state index contributed by atoms with van der Waals surface area (Å²) in [7, 11) is -0.523. The van der Waals surface area contributed by atoms with Gasteiger partial charge >= 0.3 is 5.97 Å². The lowest BCUT2D eigenvalue weighted by molar-refractivity contribution is -0.296. The van der Waals surface area contributed by atoms with Crippen LogP contribution in [0.25, 0.3) is 0 Å². The van der Waals surface area contributed by atoms with E-state index in [-0.39, 0.29) is 10.8 Å². The monoisotopic (exact) mass is 518 g/mol. The number of hydrogen-bond acceptors (Lipinski definition) is 7. The second-order valence-corrected chi connectivity index (χ2v) is 16.7. The molecule has 1 fully saturated rings. The third-order valence-electron chi connectivity index (χ3n) is 7.73. The molecule has 2 atom stereocenters. The van der Waals surface area contributed by atoms with Gasteiger partial charge in [0, 0.05) is 24.3 Å². The van der Waals surface area contributed by atoms with Gasteiger partial charge in [0.05, 0.1) is 26.2 Å². The highest BCUT2D eigenvalue weighted by Crippen LogP contribution is 2.46. The van der Waals surface area contributed by atoms with Gasteiger partial charge in [0.2, 0.25) is 0 Å². The number of allylic oxidation sites excluding steroid dienone is 2. The largest absolute Gasteiger partial charge is 0.541 e. The van der Waals surface area contributed by atoms with Crippen molar-refractivity contribution in [3.05, 3.63) is 35.9 Å². The van der Waals surface area contributed by atoms with Crippen molar-refractivity contribution < 1.29 is 33.0 Å². The Morgan fingerprint density at radius 1 is 1.19 bits per heavy atom. The van der Waals surface area contributed by atoms with Crippen molar-refractivity contribution >= 4 is 20.1 Å². The Morgan fingerprint density at radius 3 is 2.39 bits per heavy atom. The normalized spacial score (nSPS) is 22.2. The summed E-state index contributed by atoms with van der Waals surface area (Å²) < 4.78 is 30.3. The maximum atomic E-state index is 13.3. The first-order valence-electron chi connectivity index (χ1n) is 12.6. The number of ether oxygens (including phenoxy) is 4. The first-order chi connectivity index (χ1) is 16.6. The predicted molar refractivity (Wildman–Crippen MR) is 141 cm³/mol. The van der Waals surface area contributed by atoms with Crippen LogP contribution >= 0.6 is 0 Å². The van der Waals surface area contributed by atoms with Crippen LogP contribution in [0.3, 0.4) is 0 Å². The Labute approximate surface area is 216 Å². The van der Waals surface area contributed by atoms with Crippen LogP contribution in [-0.2, 0) is 30.2 Å². The molecule has 0 saturated carbocycles. The van der Waals surface area contributed by atoms with E-state index in [9.17, 15) is 9.59 Å². The predicted octanol–water partition coefficient (Wildman–Crippen LogP) is 5.47. The van der Waals surface area contributed by atoms with Gasteiger partial charge < -0.3 is 23.4 Å². The van der Waals surface area contributed by atoms with Gasteiger partial charge in [-0.3, -0.25) is 9.59 Å². The van der Waals surface area contributed by atoms with Crippen molar-refractivity contribution in [2.45, 2.75) is 84.4 Å². The van der Waals surface area contributed by atoms with Crippen molar-refractivity contribution in [3.63, 3.8) is 0 Å². The Bertz CT molecular complexity index is 996. The Balaban J connectivity index is 1.99.